The molecular weight excluding hydrogens is 292 g/mol. The Morgan fingerprint density at radius 1 is 1.14 bits per heavy atom. The Morgan fingerprint density at radius 3 is 2.68 bits per heavy atom. The Labute approximate surface area is 139 Å². The number of rotatable bonds is 6. The highest BCUT2D eigenvalue weighted by atomic mass is 32.2. The van der Waals surface area contributed by atoms with Crippen molar-refractivity contribution in [1.29, 1.82) is 0 Å². The quantitative estimate of drug-likeness (QED) is 0.748. The SMILES string of the molecule is C[C@H]1CN(CCSCc2ccccc2)C[C@H]1N1CCOCC1. The maximum absolute atomic E-state index is 5.48. The Morgan fingerprint density at radius 2 is 1.91 bits per heavy atom. The minimum Gasteiger partial charge on any atom is -0.379 e. The van der Waals surface area contributed by atoms with Gasteiger partial charge in [-0.05, 0) is 11.5 Å². The molecule has 2 aliphatic rings. The molecule has 22 heavy (non-hydrogen) atoms. The molecule has 2 saturated heterocycles. The molecular formula is C18H28N2OS. The number of benzene rings is 1. The summed E-state index contributed by atoms with van der Waals surface area (Å²) in [6, 6.07) is 11.5. The van der Waals surface area contributed by atoms with Gasteiger partial charge in [0, 0.05) is 50.3 Å². The standard InChI is InChI=1S/C18H28N2OS/c1-16-13-19(14-18(16)20-7-10-21-11-8-20)9-12-22-15-17-5-3-2-4-6-17/h2-6,16,18H,7-15H2,1H3/t16-,18+/m0/s1. The van der Waals surface area contributed by atoms with Gasteiger partial charge < -0.3 is 9.64 Å². The van der Waals surface area contributed by atoms with E-state index in [9.17, 15) is 0 Å². The van der Waals surface area contributed by atoms with Gasteiger partial charge in [0.2, 0.25) is 0 Å². The Bertz CT molecular complexity index is 436. The average Bonchev–Trinajstić information content (AvgIpc) is 2.94. The molecule has 0 unspecified atom stereocenters. The van der Waals surface area contributed by atoms with E-state index in [0.717, 1.165) is 44.0 Å². The molecule has 0 spiro atoms. The third kappa shape index (κ3) is 4.48. The van der Waals surface area contributed by atoms with Crippen LogP contribution in [-0.2, 0) is 10.5 Å². The van der Waals surface area contributed by atoms with E-state index in [0.29, 0.717) is 0 Å². The summed E-state index contributed by atoms with van der Waals surface area (Å²) in [7, 11) is 0. The van der Waals surface area contributed by atoms with Crippen molar-refractivity contribution < 1.29 is 4.74 Å². The van der Waals surface area contributed by atoms with Crippen LogP contribution in [0.25, 0.3) is 0 Å². The number of likely N-dealkylation sites (tertiary alicyclic amines) is 1. The lowest BCUT2D eigenvalue weighted by Crippen LogP contribution is -2.46. The largest absolute Gasteiger partial charge is 0.379 e. The zero-order chi connectivity index (χ0) is 15.2. The highest BCUT2D eigenvalue weighted by molar-refractivity contribution is 7.98. The van der Waals surface area contributed by atoms with Crippen molar-refractivity contribution >= 4 is 11.8 Å². The third-order valence-corrected chi connectivity index (χ3v) is 5.84. The molecule has 1 aromatic carbocycles. The summed E-state index contributed by atoms with van der Waals surface area (Å²) in [5, 5.41) is 0. The molecule has 1 aromatic rings. The molecule has 0 N–H and O–H groups in total. The summed E-state index contributed by atoms with van der Waals surface area (Å²) >= 11 is 2.06. The number of nitrogens with zero attached hydrogens (tertiary/aromatic N) is 2. The number of morpholine rings is 1. The van der Waals surface area contributed by atoms with E-state index in [2.05, 4.69) is 58.8 Å². The first-order chi connectivity index (χ1) is 10.8. The van der Waals surface area contributed by atoms with Crippen LogP contribution in [0.15, 0.2) is 30.3 Å². The minimum atomic E-state index is 0.739. The second kappa shape index (κ2) is 8.34. The van der Waals surface area contributed by atoms with Gasteiger partial charge in [-0.1, -0.05) is 37.3 Å². The monoisotopic (exact) mass is 320 g/mol. The topological polar surface area (TPSA) is 15.7 Å². The van der Waals surface area contributed by atoms with Crippen molar-refractivity contribution in [1.82, 2.24) is 9.80 Å². The van der Waals surface area contributed by atoms with Crippen LogP contribution >= 0.6 is 11.8 Å². The van der Waals surface area contributed by atoms with Crippen molar-refractivity contribution in [3.63, 3.8) is 0 Å². The molecule has 0 aliphatic carbocycles. The van der Waals surface area contributed by atoms with Crippen LogP contribution in [0.4, 0.5) is 0 Å². The first kappa shape index (κ1) is 16.3. The molecule has 0 amide bonds. The van der Waals surface area contributed by atoms with E-state index in [1.54, 1.807) is 0 Å². The summed E-state index contributed by atoms with van der Waals surface area (Å²) in [6.07, 6.45) is 0. The molecule has 3 rings (SSSR count). The zero-order valence-electron chi connectivity index (χ0n) is 13.6. The first-order valence-corrected chi connectivity index (χ1v) is 9.64. The predicted octanol–water partition coefficient (Wildman–Crippen LogP) is 2.57. The second-order valence-corrected chi connectivity index (χ2v) is 7.60. The normalized spacial score (nSPS) is 27.3. The molecule has 2 atom stereocenters. The van der Waals surface area contributed by atoms with E-state index in [1.165, 1.54) is 31.0 Å². The molecule has 122 valence electrons. The number of hydrogen-bond acceptors (Lipinski definition) is 4. The second-order valence-electron chi connectivity index (χ2n) is 6.49. The van der Waals surface area contributed by atoms with E-state index in [1.807, 2.05) is 0 Å². The van der Waals surface area contributed by atoms with Gasteiger partial charge in [0.25, 0.3) is 0 Å². The predicted molar refractivity (Wildman–Crippen MR) is 94.4 cm³/mol. The first-order valence-electron chi connectivity index (χ1n) is 8.49. The smallest absolute Gasteiger partial charge is 0.0594 e. The van der Waals surface area contributed by atoms with Crippen molar-refractivity contribution in [2.45, 2.75) is 18.7 Å². The Balaban J connectivity index is 1.37. The maximum atomic E-state index is 5.48. The highest BCUT2D eigenvalue weighted by Gasteiger charge is 2.33. The third-order valence-electron chi connectivity index (χ3n) is 4.83. The summed E-state index contributed by atoms with van der Waals surface area (Å²) < 4.78 is 5.48. The summed E-state index contributed by atoms with van der Waals surface area (Å²) in [5.41, 5.74) is 1.44. The molecule has 4 heteroatoms. The van der Waals surface area contributed by atoms with Crippen molar-refractivity contribution in [2.75, 3.05) is 51.7 Å². The number of thioether (sulfide) groups is 1. The molecule has 2 heterocycles. The maximum Gasteiger partial charge on any atom is 0.0594 e. The van der Waals surface area contributed by atoms with Gasteiger partial charge in [0.15, 0.2) is 0 Å². The van der Waals surface area contributed by atoms with Crippen molar-refractivity contribution in [3.05, 3.63) is 35.9 Å². The van der Waals surface area contributed by atoms with Gasteiger partial charge in [0.1, 0.15) is 0 Å². The average molecular weight is 321 g/mol. The van der Waals surface area contributed by atoms with Crippen molar-refractivity contribution in [3.8, 4) is 0 Å². The molecule has 2 aliphatic heterocycles. The molecule has 0 aromatic heterocycles. The van der Waals surface area contributed by atoms with Crippen LogP contribution in [0.1, 0.15) is 12.5 Å². The van der Waals surface area contributed by atoms with Crippen LogP contribution in [-0.4, -0.2) is 67.5 Å². The minimum absolute atomic E-state index is 0.739. The van der Waals surface area contributed by atoms with E-state index >= 15 is 0 Å². The molecule has 0 bridgehead atoms. The lowest BCUT2D eigenvalue weighted by atomic mass is 10.0. The molecule has 3 nitrogen and oxygen atoms in total. The summed E-state index contributed by atoms with van der Waals surface area (Å²) in [5.74, 6) is 3.16. The summed E-state index contributed by atoms with van der Waals surface area (Å²) in [6.45, 7) is 10.2. The fourth-order valence-corrected chi connectivity index (χ4v) is 4.53. The van der Waals surface area contributed by atoms with Crippen LogP contribution in [0.3, 0.4) is 0 Å². The van der Waals surface area contributed by atoms with Crippen LogP contribution in [0, 0.1) is 5.92 Å². The van der Waals surface area contributed by atoms with Gasteiger partial charge >= 0.3 is 0 Å². The van der Waals surface area contributed by atoms with Crippen molar-refractivity contribution in [2.24, 2.45) is 5.92 Å². The number of ether oxygens (including phenoxy) is 1. The van der Waals surface area contributed by atoms with E-state index in [4.69, 9.17) is 4.74 Å². The fraction of sp³-hybridized carbons (Fsp3) is 0.667. The molecule has 0 radical (unpaired) electrons. The Hall–Kier alpha value is -0.550. The molecule has 0 saturated carbocycles. The fourth-order valence-electron chi connectivity index (χ4n) is 3.57. The van der Waals surface area contributed by atoms with Crippen LogP contribution in [0.5, 0.6) is 0 Å². The summed E-state index contributed by atoms with van der Waals surface area (Å²) in [4.78, 5) is 5.30. The lowest BCUT2D eigenvalue weighted by Gasteiger charge is -2.34. The highest BCUT2D eigenvalue weighted by Crippen LogP contribution is 2.23. The van der Waals surface area contributed by atoms with E-state index < -0.39 is 0 Å². The van der Waals surface area contributed by atoms with Gasteiger partial charge in [-0.3, -0.25) is 4.90 Å². The zero-order valence-corrected chi connectivity index (χ0v) is 14.4. The van der Waals surface area contributed by atoms with Gasteiger partial charge in [-0.25, -0.2) is 0 Å². The van der Waals surface area contributed by atoms with Crippen LogP contribution in [0.2, 0.25) is 0 Å². The lowest BCUT2D eigenvalue weighted by molar-refractivity contribution is 0.0119. The molecule has 2 fully saturated rings. The van der Waals surface area contributed by atoms with Gasteiger partial charge in [-0.15, -0.1) is 0 Å². The van der Waals surface area contributed by atoms with Gasteiger partial charge in [0.05, 0.1) is 13.2 Å². The van der Waals surface area contributed by atoms with Gasteiger partial charge in [-0.2, -0.15) is 11.8 Å². The van der Waals surface area contributed by atoms with Crippen LogP contribution < -0.4 is 0 Å². The number of hydrogen-bond donors (Lipinski definition) is 0. The Kier molecular flexibility index (Phi) is 6.19. The van der Waals surface area contributed by atoms with E-state index in [-0.39, 0.29) is 0 Å².